The molecule has 1 nitrogen and oxygen atoms in total. The maximum atomic E-state index is 2.33. The molecule has 1 unspecified atom stereocenters. The Morgan fingerprint density at radius 2 is 2.07 bits per heavy atom. The van der Waals surface area contributed by atoms with E-state index in [2.05, 4.69) is 43.3 Å². The lowest BCUT2D eigenvalue weighted by molar-refractivity contribution is 0.368. The van der Waals surface area contributed by atoms with Gasteiger partial charge in [0.15, 0.2) is 0 Å². The number of hydrogen-bond donors (Lipinski definition) is 0. The summed E-state index contributed by atoms with van der Waals surface area (Å²) in [5.41, 5.74) is 3.21. The van der Waals surface area contributed by atoms with Crippen molar-refractivity contribution in [1.82, 2.24) is 4.90 Å². The Hall–Kier alpha value is -0.820. The predicted molar refractivity (Wildman–Crippen MR) is 65.3 cm³/mol. The monoisotopic (exact) mass is 203 g/mol. The summed E-state index contributed by atoms with van der Waals surface area (Å²) in [5, 5.41) is 0. The van der Waals surface area contributed by atoms with Gasteiger partial charge in [-0.1, -0.05) is 24.3 Å². The first-order valence-electron chi connectivity index (χ1n) is 6.00. The molecule has 1 heteroatoms. The summed E-state index contributed by atoms with van der Waals surface area (Å²) in [4.78, 5) is 2.29. The van der Waals surface area contributed by atoms with Gasteiger partial charge in [0, 0.05) is 0 Å². The van der Waals surface area contributed by atoms with E-state index in [0.717, 1.165) is 5.92 Å². The van der Waals surface area contributed by atoms with Crippen LogP contribution in [0.5, 0.6) is 0 Å². The van der Waals surface area contributed by atoms with E-state index in [1.807, 2.05) is 0 Å². The quantitative estimate of drug-likeness (QED) is 0.730. The SMILES string of the molecule is CN(C)CCC1CCCc2ccccc21. The van der Waals surface area contributed by atoms with E-state index in [-0.39, 0.29) is 0 Å². The summed E-state index contributed by atoms with van der Waals surface area (Å²) in [6.07, 6.45) is 5.35. The Labute approximate surface area is 93.1 Å². The average molecular weight is 203 g/mol. The summed E-state index contributed by atoms with van der Waals surface area (Å²) in [6.45, 7) is 1.21. The molecule has 0 aromatic heterocycles. The van der Waals surface area contributed by atoms with Crippen molar-refractivity contribution in [2.75, 3.05) is 20.6 Å². The Balaban J connectivity index is 2.08. The Morgan fingerprint density at radius 1 is 1.27 bits per heavy atom. The molecular formula is C14H21N. The summed E-state index contributed by atoms with van der Waals surface area (Å²) >= 11 is 0. The summed E-state index contributed by atoms with van der Waals surface area (Å²) in [5.74, 6) is 0.803. The molecule has 1 aromatic carbocycles. The van der Waals surface area contributed by atoms with Crippen LogP contribution >= 0.6 is 0 Å². The Morgan fingerprint density at radius 3 is 2.87 bits per heavy atom. The number of rotatable bonds is 3. The number of benzene rings is 1. The second-order valence-electron chi connectivity index (χ2n) is 4.88. The molecule has 15 heavy (non-hydrogen) atoms. The van der Waals surface area contributed by atoms with Crippen molar-refractivity contribution < 1.29 is 0 Å². The molecule has 0 N–H and O–H groups in total. The molecule has 0 saturated carbocycles. The third-order valence-corrected chi connectivity index (χ3v) is 3.42. The fraction of sp³-hybridized carbons (Fsp3) is 0.571. The molecule has 1 aliphatic rings. The highest BCUT2D eigenvalue weighted by molar-refractivity contribution is 5.32. The first-order chi connectivity index (χ1) is 7.27. The molecule has 0 amide bonds. The van der Waals surface area contributed by atoms with Gasteiger partial charge in [-0.05, 0) is 63.4 Å². The van der Waals surface area contributed by atoms with Crippen molar-refractivity contribution in [3.63, 3.8) is 0 Å². The number of fused-ring (bicyclic) bond motifs is 1. The van der Waals surface area contributed by atoms with Crippen LogP contribution < -0.4 is 0 Å². The molecule has 0 fully saturated rings. The minimum atomic E-state index is 0.803. The zero-order valence-corrected chi connectivity index (χ0v) is 9.87. The van der Waals surface area contributed by atoms with E-state index in [0.29, 0.717) is 0 Å². The second-order valence-corrected chi connectivity index (χ2v) is 4.88. The zero-order valence-electron chi connectivity index (χ0n) is 9.87. The third-order valence-electron chi connectivity index (χ3n) is 3.42. The van der Waals surface area contributed by atoms with E-state index in [9.17, 15) is 0 Å². The van der Waals surface area contributed by atoms with Crippen molar-refractivity contribution in [2.24, 2.45) is 0 Å². The van der Waals surface area contributed by atoms with Gasteiger partial charge in [0.2, 0.25) is 0 Å². The normalized spacial score (nSPS) is 20.3. The van der Waals surface area contributed by atoms with Gasteiger partial charge in [0.25, 0.3) is 0 Å². The molecule has 0 bridgehead atoms. The first kappa shape index (κ1) is 10.7. The number of aryl methyl sites for hydroxylation is 1. The van der Waals surface area contributed by atoms with Gasteiger partial charge in [-0.25, -0.2) is 0 Å². The molecule has 1 atom stereocenters. The highest BCUT2D eigenvalue weighted by Gasteiger charge is 2.19. The van der Waals surface area contributed by atoms with Crippen LogP contribution in [0.1, 0.15) is 36.3 Å². The highest BCUT2D eigenvalue weighted by Crippen LogP contribution is 2.33. The molecule has 82 valence electrons. The van der Waals surface area contributed by atoms with Crippen LogP contribution in [0.2, 0.25) is 0 Å². The minimum absolute atomic E-state index is 0.803. The van der Waals surface area contributed by atoms with Gasteiger partial charge in [-0.3, -0.25) is 0 Å². The van der Waals surface area contributed by atoms with E-state index in [1.54, 1.807) is 11.1 Å². The van der Waals surface area contributed by atoms with Crippen LogP contribution in [0.15, 0.2) is 24.3 Å². The average Bonchev–Trinajstić information content (AvgIpc) is 2.26. The van der Waals surface area contributed by atoms with E-state index in [1.165, 1.54) is 32.2 Å². The largest absolute Gasteiger partial charge is 0.309 e. The standard InChI is InChI=1S/C14H21N/c1-15(2)11-10-13-8-5-7-12-6-3-4-9-14(12)13/h3-4,6,9,13H,5,7-8,10-11H2,1-2H3. The molecule has 0 radical (unpaired) electrons. The topological polar surface area (TPSA) is 3.24 Å². The fourth-order valence-electron chi connectivity index (χ4n) is 2.57. The lowest BCUT2D eigenvalue weighted by Crippen LogP contribution is -2.18. The van der Waals surface area contributed by atoms with Crippen LogP contribution in [-0.4, -0.2) is 25.5 Å². The summed E-state index contributed by atoms with van der Waals surface area (Å²) in [7, 11) is 4.32. The van der Waals surface area contributed by atoms with Crippen molar-refractivity contribution >= 4 is 0 Å². The molecule has 0 heterocycles. The van der Waals surface area contributed by atoms with Gasteiger partial charge >= 0.3 is 0 Å². The van der Waals surface area contributed by atoms with Crippen LogP contribution in [0.3, 0.4) is 0 Å². The van der Waals surface area contributed by atoms with Gasteiger partial charge in [0.1, 0.15) is 0 Å². The molecule has 2 rings (SSSR count). The fourth-order valence-corrected chi connectivity index (χ4v) is 2.57. The molecule has 1 aromatic rings. The predicted octanol–water partition coefficient (Wildman–Crippen LogP) is 3.06. The molecule has 0 aliphatic heterocycles. The zero-order chi connectivity index (χ0) is 10.7. The lowest BCUT2D eigenvalue weighted by Gasteiger charge is -2.26. The van der Waals surface area contributed by atoms with Crippen LogP contribution in [0, 0.1) is 0 Å². The maximum Gasteiger partial charge on any atom is -0.00190 e. The van der Waals surface area contributed by atoms with Crippen molar-refractivity contribution in [2.45, 2.75) is 31.6 Å². The molecule has 0 spiro atoms. The van der Waals surface area contributed by atoms with E-state index >= 15 is 0 Å². The van der Waals surface area contributed by atoms with Gasteiger partial charge in [0.05, 0.1) is 0 Å². The Kier molecular flexibility index (Phi) is 3.42. The van der Waals surface area contributed by atoms with Gasteiger partial charge in [-0.2, -0.15) is 0 Å². The highest BCUT2D eigenvalue weighted by atomic mass is 15.0. The van der Waals surface area contributed by atoms with Crippen LogP contribution in [0.25, 0.3) is 0 Å². The molecular weight excluding hydrogens is 182 g/mol. The second kappa shape index (κ2) is 4.80. The number of hydrogen-bond acceptors (Lipinski definition) is 1. The van der Waals surface area contributed by atoms with Crippen molar-refractivity contribution in [3.8, 4) is 0 Å². The first-order valence-corrected chi connectivity index (χ1v) is 6.00. The Bertz CT molecular complexity index is 317. The minimum Gasteiger partial charge on any atom is -0.309 e. The van der Waals surface area contributed by atoms with E-state index < -0.39 is 0 Å². The van der Waals surface area contributed by atoms with Crippen LogP contribution in [0.4, 0.5) is 0 Å². The smallest absolute Gasteiger partial charge is 0.00190 e. The summed E-state index contributed by atoms with van der Waals surface area (Å²) in [6, 6.07) is 8.99. The summed E-state index contributed by atoms with van der Waals surface area (Å²) < 4.78 is 0. The molecule has 0 saturated heterocycles. The van der Waals surface area contributed by atoms with E-state index in [4.69, 9.17) is 0 Å². The maximum absolute atomic E-state index is 2.33. The molecule has 1 aliphatic carbocycles. The van der Waals surface area contributed by atoms with Gasteiger partial charge < -0.3 is 4.90 Å². The van der Waals surface area contributed by atoms with Crippen molar-refractivity contribution in [1.29, 1.82) is 0 Å². The number of nitrogens with zero attached hydrogens (tertiary/aromatic N) is 1. The third kappa shape index (κ3) is 2.60. The lowest BCUT2D eigenvalue weighted by atomic mass is 9.81. The van der Waals surface area contributed by atoms with Gasteiger partial charge in [-0.15, -0.1) is 0 Å². The van der Waals surface area contributed by atoms with Crippen molar-refractivity contribution in [3.05, 3.63) is 35.4 Å². The van der Waals surface area contributed by atoms with Crippen LogP contribution in [-0.2, 0) is 6.42 Å².